The van der Waals surface area contributed by atoms with E-state index < -0.39 is 31.1 Å². The molecular formula is C12H19N3O4S. The van der Waals surface area contributed by atoms with Crippen LogP contribution in [0.3, 0.4) is 0 Å². The molecule has 1 aromatic rings. The van der Waals surface area contributed by atoms with E-state index in [0.717, 1.165) is 12.1 Å². The molecule has 112 valence electrons. The van der Waals surface area contributed by atoms with Gasteiger partial charge in [-0.05, 0) is 31.9 Å². The molecule has 8 heteroatoms. The molecule has 0 aliphatic rings. The average Bonchev–Trinajstić information content (AvgIpc) is 2.37. The number of benzene rings is 1. The predicted molar refractivity (Wildman–Crippen MR) is 76.8 cm³/mol. The number of hydrogen-bond donors (Lipinski definition) is 2. The van der Waals surface area contributed by atoms with Crippen LogP contribution in [0, 0.1) is 10.1 Å². The van der Waals surface area contributed by atoms with Crippen LogP contribution in [-0.4, -0.2) is 18.9 Å². The molecule has 0 fully saturated rings. The highest BCUT2D eigenvalue weighted by Gasteiger charge is 2.32. The van der Waals surface area contributed by atoms with Gasteiger partial charge in [-0.1, -0.05) is 13.8 Å². The smallest absolute Gasteiger partial charge is 0.289 e. The van der Waals surface area contributed by atoms with Gasteiger partial charge >= 0.3 is 0 Å². The molecule has 1 aromatic carbocycles. The second-order valence-corrected chi connectivity index (χ2v) is 6.51. The Morgan fingerprint density at radius 1 is 1.35 bits per heavy atom. The highest BCUT2D eigenvalue weighted by atomic mass is 32.2. The van der Waals surface area contributed by atoms with Gasteiger partial charge in [0.25, 0.3) is 5.69 Å². The summed E-state index contributed by atoms with van der Waals surface area (Å²) in [5, 5.41) is 11.0. The highest BCUT2D eigenvalue weighted by Crippen LogP contribution is 2.28. The van der Waals surface area contributed by atoms with Crippen molar-refractivity contribution in [1.82, 2.24) is 4.72 Å². The number of nitrogens with zero attached hydrogens (tertiary/aromatic N) is 1. The van der Waals surface area contributed by atoms with Gasteiger partial charge in [-0.15, -0.1) is 0 Å². The minimum atomic E-state index is -4.01. The Bertz CT molecular complexity index is 609. The lowest BCUT2D eigenvalue weighted by molar-refractivity contribution is -0.387. The molecule has 0 aliphatic heterocycles. The summed E-state index contributed by atoms with van der Waals surface area (Å²) in [5.41, 5.74) is 4.56. The largest absolute Gasteiger partial charge is 0.399 e. The summed E-state index contributed by atoms with van der Waals surface area (Å²) >= 11 is 0. The van der Waals surface area contributed by atoms with E-state index in [1.165, 1.54) is 6.07 Å². The zero-order valence-corrected chi connectivity index (χ0v) is 12.5. The molecule has 3 N–H and O–H groups in total. The van der Waals surface area contributed by atoms with Crippen LogP contribution in [0.4, 0.5) is 11.4 Å². The van der Waals surface area contributed by atoms with Crippen LogP contribution in [0.25, 0.3) is 0 Å². The summed E-state index contributed by atoms with van der Waals surface area (Å²) in [5.74, 6) is 0. The first kappa shape index (κ1) is 16.4. The van der Waals surface area contributed by atoms with Gasteiger partial charge in [0.05, 0.1) is 4.92 Å². The van der Waals surface area contributed by atoms with Crippen molar-refractivity contribution in [2.24, 2.45) is 0 Å². The normalized spacial score (nSPS) is 12.3. The van der Waals surface area contributed by atoms with Crippen LogP contribution in [0.1, 0.15) is 33.6 Å². The molecule has 7 nitrogen and oxygen atoms in total. The van der Waals surface area contributed by atoms with E-state index >= 15 is 0 Å². The van der Waals surface area contributed by atoms with Crippen molar-refractivity contribution in [3.05, 3.63) is 28.3 Å². The maximum atomic E-state index is 12.4. The number of sulfonamides is 1. The first-order chi connectivity index (χ1) is 9.15. The standard InChI is InChI=1S/C12H19N3O4S/c1-4-12(3,5-2)14-20(18,19)11-8-9(13)6-7-10(11)15(16)17/h6-8,14H,4-5,13H2,1-3H3. The summed E-state index contributed by atoms with van der Waals surface area (Å²) in [4.78, 5) is 9.82. The van der Waals surface area contributed by atoms with E-state index in [1.54, 1.807) is 6.92 Å². The van der Waals surface area contributed by atoms with Crippen LogP contribution in [0.5, 0.6) is 0 Å². The van der Waals surface area contributed by atoms with Crippen molar-refractivity contribution in [2.45, 2.75) is 44.0 Å². The van der Waals surface area contributed by atoms with E-state index in [1.807, 2.05) is 13.8 Å². The quantitative estimate of drug-likeness (QED) is 0.474. The van der Waals surface area contributed by atoms with Gasteiger partial charge < -0.3 is 5.73 Å². The number of hydrogen-bond acceptors (Lipinski definition) is 5. The van der Waals surface area contributed by atoms with Gasteiger partial charge in [-0.25, -0.2) is 13.1 Å². The zero-order valence-electron chi connectivity index (χ0n) is 11.7. The Morgan fingerprint density at radius 2 is 1.90 bits per heavy atom. The molecule has 0 bridgehead atoms. The lowest BCUT2D eigenvalue weighted by Gasteiger charge is -2.27. The Labute approximate surface area is 118 Å². The van der Waals surface area contributed by atoms with Crippen molar-refractivity contribution in [1.29, 1.82) is 0 Å². The van der Waals surface area contributed by atoms with Crippen LogP contribution in [-0.2, 0) is 10.0 Å². The Kier molecular flexibility index (Phi) is 4.72. The number of nitro groups is 1. The van der Waals surface area contributed by atoms with Crippen molar-refractivity contribution in [2.75, 3.05) is 5.73 Å². The molecule has 0 radical (unpaired) electrons. The van der Waals surface area contributed by atoms with E-state index in [9.17, 15) is 18.5 Å². The minimum absolute atomic E-state index is 0.158. The van der Waals surface area contributed by atoms with Gasteiger partial charge in [0.2, 0.25) is 10.0 Å². The summed E-state index contributed by atoms with van der Waals surface area (Å²) in [7, 11) is -4.01. The Morgan fingerprint density at radius 3 is 2.35 bits per heavy atom. The fourth-order valence-electron chi connectivity index (χ4n) is 1.67. The van der Waals surface area contributed by atoms with E-state index in [4.69, 9.17) is 5.73 Å². The van der Waals surface area contributed by atoms with Crippen LogP contribution in [0.15, 0.2) is 23.1 Å². The molecule has 0 amide bonds. The number of nitrogens with two attached hydrogens (primary N) is 1. The molecular weight excluding hydrogens is 282 g/mol. The first-order valence-corrected chi connectivity index (χ1v) is 7.71. The maximum absolute atomic E-state index is 12.4. The Balaban J connectivity index is 3.35. The fraction of sp³-hybridized carbons (Fsp3) is 0.500. The van der Waals surface area contributed by atoms with Crippen molar-refractivity contribution >= 4 is 21.4 Å². The molecule has 0 spiro atoms. The third-order valence-corrected chi connectivity index (χ3v) is 5.08. The second kappa shape index (κ2) is 5.76. The molecule has 20 heavy (non-hydrogen) atoms. The topological polar surface area (TPSA) is 115 Å². The summed E-state index contributed by atoms with van der Waals surface area (Å²) in [6.07, 6.45) is 1.14. The SMILES string of the molecule is CCC(C)(CC)NS(=O)(=O)c1cc(N)ccc1[N+](=O)[O-]. The lowest BCUT2D eigenvalue weighted by atomic mass is 9.98. The molecule has 0 aromatic heterocycles. The summed E-state index contributed by atoms with van der Waals surface area (Å²) in [6.45, 7) is 5.45. The average molecular weight is 301 g/mol. The number of rotatable bonds is 6. The predicted octanol–water partition coefficient (Wildman–Crippen LogP) is 2.03. The molecule has 0 heterocycles. The Hall–Kier alpha value is -1.67. The van der Waals surface area contributed by atoms with Gasteiger partial charge in [0, 0.05) is 17.3 Å². The minimum Gasteiger partial charge on any atom is -0.399 e. The fourth-order valence-corrected chi connectivity index (χ4v) is 3.43. The first-order valence-electron chi connectivity index (χ1n) is 6.23. The second-order valence-electron chi connectivity index (χ2n) is 4.86. The molecule has 0 unspecified atom stereocenters. The maximum Gasteiger partial charge on any atom is 0.289 e. The number of nitrogen functional groups attached to an aromatic ring is 1. The number of anilines is 1. The molecule has 0 aliphatic carbocycles. The third-order valence-electron chi connectivity index (χ3n) is 3.41. The lowest BCUT2D eigenvalue weighted by Crippen LogP contribution is -2.44. The van der Waals surface area contributed by atoms with Crippen LogP contribution < -0.4 is 10.5 Å². The highest BCUT2D eigenvalue weighted by molar-refractivity contribution is 7.89. The van der Waals surface area contributed by atoms with E-state index in [0.29, 0.717) is 12.8 Å². The van der Waals surface area contributed by atoms with Crippen LogP contribution in [0.2, 0.25) is 0 Å². The monoisotopic (exact) mass is 301 g/mol. The molecule has 0 atom stereocenters. The molecule has 0 saturated carbocycles. The van der Waals surface area contributed by atoms with Crippen molar-refractivity contribution in [3.8, 4) is 0 Å². The van der Waals surface area contributed by atoms with Gasteiger partial charge in [0.15, 0.2) is 4.90 Å². The third kappa shape index (κ3) is 3.45. The van der Waals surface area contributed by atoms with E-state index in [-0.39, 0.29) is 5.69 Å². The summed E-state index contributed by atoms with van der Waals surface area (Å²) in [6, 6.07) is 3.50. The number of nitro benzene ring substituents is 1. The van der Waals surface area contributed by atoms with E-state index in [2.05, 4.69) is 4.72 Å². The van der Waals surface area contributed by atoms with Gasteiger partial charge in [-0.3, -0.25) is 10.1 Å². The molecule has 1 rings (SSSR count). The van der Waals surface area contributed by atoms with Crippen LogP contribution >= 0.6 is 0 Å². The van der Waals surface area contributed by atoms with Crippen molar-refractivity contribution in [3.63, 3.8) is 0 Å². The summed E-state index contributed by atoms with van der Waals surface area (Å²) < 4.78 is 27.3. The zero-order chi connectivity index (χ0) is 15.6. The van der Waals surface area contributed by atoms with Gasteiger partial charge in [-0.2, -0.15) is 0 Å². The van der Waals surface area contributed by atoms with Crippen molar-refractivity contribution < 1.29 is 13.3 Å². The van der Waals surface area contributed by atoms with Gasteiger partial charge in [0.1, 0.15) is 0 Å². The number of nitrogens with one attached hydrogen (secondary N) is 1. The molecule has 0 saturated heterocycles.